The maximum absolute atomic E-state index is 11.2. The minimum absolute atomic E-state index is 0.0852. The third kappa shape index (κ3) is 43.6. The molecule has 0 rings (SSSR count). The monoisotopic (exact) mass is 597 g/mol. The molecule has 42 heavy (non-hydrogen) atoms. The van der Waals surface area contributed by atoms with Crippen LogP contribution in [0.3, 0.4) is 0 Å². The highest BCUT2D eigenvalue weighted by Crippen LogP contribution is 2.14. The van der Waals surface area contributed by atoms with Crippen LogP contribution in [0.25, 0.3) is 0 Å². The molecule has 2 N–H and O–H groups in total. The molecule has 0 aromatic rings. The molecule has 0 radical (unpaired) electrons. The molecular formula is C38H76O4. The Kier molecular flexibility index (Phi) is 43.5. The number of hydrogen-bond donors (Lipinski definition) is 2. The van der Waals surface area contributed by atoms with Gasteiger partial charge in [-0.1, -0.05) is 174 Å². The number of carbonyl (C=O) groups excluding carboxylic acids is 1. The van der Waals surface area contributed by atoms with Gasteiger partial charge in [-0.2, -0.15) is 0 Å². The van der Waals surface area contributed by atoms with Gasteiger partial charge in [-0.05, 0) is 38.5 Å². The Morgan fingerprint density at radius 3 is 1.14 bits per heavy atom. The lowest BCUT2D eigenvalue weighted by Crippen LogP contribution is -2.07. The van der Waals surface area contributed by atoms with Crippen molar-refractivity contribution >= 4 is 5.97 Å². The summed E-state index contributed by atoms with van der Waals surface area (Å²) in [5, 5.41) is 17.2. The number of ether oxygens (including phenoxy) is 1. The smallest absolute Gasteiger partial charge is 0.305 e. The molecule has 0 saturated heterocycles. The van der Waals surface area contributed by atoms with E-state index in [1.807, 2.05) is 0 Å². The van der Waals surface area contributed by atoms with E-state index in [9.17, 15) is 4.79 Å². The van der Waals surface area contributed by atoms with E-state index in [-0.39, 0.29) is 19.2 Å². The summed E-state index contributed by atoms with van der Waals surface area (Å²) in [4.78, 5) is 11.2. The van der Waals surface area contributed by atoms with Crippen LogP contribution in [0.5, 0.6) is 0 Å². The van der Waals surface area contributed by atoms with Crippen molar-refractivity contribution in [1.82, 2.24) is 0 Å². The van der Waals surface area contributed by atoms with Gasteiger partial charge in [0.05, 0.1) is 6.61 Å². The average molecular weight is 597 g/mol. The highest BCUT2D eigenvalue weighted by Gasteiger charge is 2.01. The summed E-state index contributed by atoms with van der Waals surface area (Å²) in [6.45, 7) is 4.96. The van der Waals surface area contributed by atoms with E-state index >= 15 is 0 Å². The lowest BCUT2D eigenvalue weighted by molar-refractivity contribution is -0.144. The summed E-state index contributed by atoms with van der Waals surface area (Å²) < 4.78 is 4.81. The van der Waals surface area contributed by atoms with E-state index in [0.717, 1.165) is 19.3 Å². The van der Waals surface area contributed by atoms with Crippen molar-refractivity contribution in [2.24, 2.45) is 0 Å². The summed E-state index contributed by atoms with van der Waals surface area (Å²) in [5.41, 5.74) is 0. The molecule has 0 aromatic heterocycles. The van der Waals surface area contributed by atoms with Crippen molar-refractivity contribution in [3.8, 4) is 0 Å². The molecular weight excluding hydrogens is 520 g/mol. The van der Waals surface area contributed by atoms with Crippen LogP contribution in [0.1, 0.15) is 206 Å². The Bertz CT molecular complexity index is 489. The van der Waals surface area contributed by atoms with Crippen LogP contribution in [0.4, 0.5) is 0 Å². The first kappa shape index (κ1) is 43.3. The number of hydrogen-bond acceptors (Lipinski definition) is 4. The molecule has 4 heteroatoms. The van der Waals surface area contributed by atoms with Crippen molar-refractivity contribution < 1.29 is 19.7 Å². The zero-order chi connectivity index (χ0) is 31.0. The van der Waals surface area contributed by atoms with Gasteiger partial charge >= 0.3 is 5.97 Å². The van der Waals surface area contributed by atoms with Crippen LogP contribution in [0.15, 0.2) is 12.2 Å². The summed E-state index contributed by atoms with van der Waals surface area (Å²) in [5.74, 6) is -0.184. The number of rotatable bonds is 33. The Morgan fingerprint density at radius 1 is 0.452 bits per heavy atom. The lowest BCUT2D eigenvalue weighted by Gasteiger charge is -2.03. The molecule has 0 fully saturated rings. The van der Waals surface area contributed by atoms with E-state index in [1.54, 1.807) is 0 Å². The van der Waals surface area contributed by atoms with Gasteiger partial charge in [0.15, 0.2) is 0 Å². The molecule has 0 amide bonds. The number of unbranched alkanes of at least 4 members (excludes halogenated alkanes) is 26. The second-order valence-electron chi connectivity index (χ2n) is 12.3. The van der Waals surface area contributed by atoms with Crippen LogP contribution in [0.2, 0.25) is 0 Å². The third-order valence-electron chi connectivity index (χ3n) is 8.01. The first-order valence-corrected chi connectivity index (χ1v) is 18.7. The van der Waals surface area contributed by atoms with Crippen molar-refractivity contribution in [2.75, 3.05) is 19.8 Å². The highest BCUT2D eigenvalue weighted by atomic mass is 16.5. The minimum Gasteiger partial charge on any atom is -0.463 e. The van der Waals surface area contributed by atoms with Crippen LogP contribution < -0.4 is 0 Å². The van der Waals surface area contributed by atoms with Crippen LogP contribution >= 0.6 is 0 Å². The van der Waals surface area contributed by atoms with E-state index in [4.69, 9.17) is 14.9 Å². The van der Waals surface area contributed by atoms with E-state index < -0.39 is 0 Å². The summed E-state index contributed by atoms with van der Waals surface area (Å²) in [7, 11) is 0. The zero-order valence-corrected chi connectivity index (χ0v) is 28.7. The van der Waals surface area contributed by atoms with Gasteiger partial charge in [-0.15, -0.1) is 0 Å². The van der Waals surface area contributed by atoms with E-state index in [2.05, 4.69) is 26.0 Å². The molecule has 0 bridgehead atoms. The molecule has 4 nitrogen and oxygen atoms in total. The summed E-state index contributed by atoms with van der Waals surface area (Å²) in [6, 6.07) is 0. The van der Waals surface area contributed by atoms with Crippen LogP contribution in [-0.4, -0.2) is 36.0 Å². The molecule has 0 aliphatic carbocycles. The van der Waals surface area contributed by atoms with Crippen molar-refractivity contribution in [3.05, 3.63) is 12.2 Å². The fourth-order valence-electron chi connectivity index (χ4n) is 5.23. The molecule has 0 spiro atoms. The molecule has 0 atom stereocenters. The molecule has 0 unspecified atom stereocenters. The minimum atomic E-state index is -0.184. The van der Waals surface area contributed by atoms with Crippen LogP contribution in [-0.2, 0) is 9.53 Å². The van der Waals surface area contributed by atoms with Gasteiger partial charge in [0, 0.05) is 13.0 Å². The second-order valence-corrected chi connectivity index (χ2v) is 12.3. The largest absolute Gasteiger partial charge is 0.463 e. The molecule has 0 aromatic carbocycles. The summed E-state index contributed by atoms with van der Waals surface area (Å²) in [6.07, 6.45) is 43.7. The maximum atomic E-state index is 11.2. The predicted molar refractivity (Wildman–Crippen MR) is 184 cm³/mol. The molecule has 0 saturated carbocycles. The number of esters is 1. The predicted octanol–water partition coefficient (Wildman–Crippen LogP) is 11.8. The standard InChI is InChI=1S/C20H38O3.C18H38O/c1-2-3-4-5-6-7-8-9-10-11-12-13-14-15-16-17-20(22)23-19-18-21;1-2-3-4-5-6-7-8-9-10-11-12-13-14-15-16-17-18-19/h9-10,21H,2-8,11-19H2,1H3;19H,2-18H2,1H3. The normalized spacial score (nSPS) is 11.1. The van der Waals surface area contributed by atoms with E-state index in [1.165, 1.54) is 167 Å². The van der Waals surface area contributed by atoms with Gasteiger partial charge in [-0.3, -0.25) is 4.79 Å². The number of aliphatic hydroxyl groups excluding tert-OH is 2. The van der Waals surface area contributed by atoms with Gasteiger partial charge < -0.3 is 14.9 Å². The summed E-state index contributed by atoms with van der Waals surface area (Å²) >= 11 is 0. The fraction of sp³-hybridized carbons (Fsp3) is 0.921. The lowest BCUT2D eigenvalue weighted by atomic mass is 10.0. The number of carbonyl (C=O) groups is 1. The Labute approximate surface area is 263 Å². The first-order chi connectivity index (χ1) is 20.7. The van der Waals surface area contributed by atoms with Gasteiger partial charge in [0.2, 0.25) is 0 Å². The van der Waals surface area contributed by atoms with E-state index in [0.29, 0.717) is 13.0 Å². The number of allylic oxidation sites excluding steroid dienone is 2. The Morgan fingerprint density at radius 2 is 0.786 bits per heavy atom. The molecule has 0 aliphatic heterocycles. The fourth-order valence-corrected chi connectivity index (χ4v) is 5.23. The van der Waals surface area contributed by atoms with Gasteiger partial charge in [0.1, 0.15) is 6.61 Å². The van der Waals surface area contributed by atoms with Crippen LogP contribution in [0, 0.1) is 0 Å². The molecule has 0 heterocycles. The third-order valence-corrected chi connectivity index (χ3v) is 8.01. The quantitative estimate of drug-likeness (QED) is 0.0449. The Balaban J connectivity index is 0. The van der Waals surface area contributed by atoms with Crippen molar-refractivity contribution in [2.45, 2.75) is 206 Å². The van der Waals surface area contributed by atoms with Gasteiger partial charge in [0.25, 0.3) is 0 Å². The Hall–Kier alpha value is -0.870. The van der Waals surface area contributed by atoms with Crippen molar-refractivity contribution in [1.29, 1.82) is 0 Å². The average Bonchev–Trinajstić information content (AvgIpc) is 3.00. The maximum Gasteiger partial charge on any atom is 0.305 e. The first-order valence-electron chi connectivity index (χ1n) is 18.7. The number of aliphatic hydroxyl groups is 2. The zero-order valence-electron chi connectivity index (χ0n) is 28.7. The topological polar surface area (TPSA) is 66.8 Å². The molecule has 252 valence electrons. The second kappa shape index (κ2) is 42.3. The highest BCUT2D eigenvalue weighted by molar-refractivity contribution is 5.69. The van der Waals surface area contributed by atoms with Crippen molar-refractivity contribution in [3.63, 3.8) is 0 Å². The van der Waals surface area contributed by atoms with Gasteiger partial charge in [-0.25, -0.2) is 0 Å². The SMILES string of the molecule is CCCCCCCCC=CCCCCCCCC(=O)OCCO.CCCCCCCCCCCCCCCCCCO. The molecule has 0 aliphatic rings.